The van der Waals surface area contributed by atoms with Crippen LogP contribution in [0, 0.1) is 0 Å². The zero-order valence-electron chi connectivity index (χ0n) is 13.1. The van der Waals surface area contributed by atoms with Gasteiger partial charge in [-0.15, -0.1) is 0 Å². The van der Waals surface area contributed by atoms with Crippen LogP contribution in [0.5, 0.6) is 0 Å². The summed E-state index contributed by atoms with van der Waals surface area (Å²) in [7, 11) is -3.98. The van der Waals surface area contributed by atoms with E-state index in [-0.39, 0.29) is 28.6 Å². The van der Waals surface area contributed by atoms with Gasteiger partial charge in [-0.1, -0.05) is 29.4 Å². The Bertz CT molecular complexity index is 1030. The maximum absolute atomic E-state index is 12.6. The van der Waals surface area contributed by atoms with Crippen molar-refractivity contribution in [3.63, 3.8) is 0 Å². The molecule has 0 aliphatic heterocycles. The van der Waals surface area contributed by atoms with Crippen LogP contribution in [0.4, 0.5) is 13.2 Å². The summed E-state index contributed by atoms with van der Waals surface area (Å²) < 4.78 is 66.1. The molecule has 0 unspecified atom stereocenters. The van der Waals surface area contributed by atoms with Crippen LogP contribution < -0.4 is 5.14 Å². The summed E-state index contributed by atoms with van der Waals surface area (Å²) in [5.41, 5.74) is -0.0418. The highest BCUT2D eigenvalue weighted by Gasteiger charge is 2.30. The normalized spacial score (nSPS) is 12.3. The van der Waals surface area contributed by atoms with E-state index in [1.807, 2.05) is 0 Å². The Morgan fingerprint density at radius 2 is 1.69 bits per heavy atom. The first-order valence-electron chi connectivity index (χ1n) is 7.25. The molecule has 10 heteroatoms. The molecule has 6 nitrogen and oxygen atoms in total. The number of alkyl halides is 3. The molecule has 0 saturated carbocycles. The van der Waals surface area contributed by atoms with Crippen LogP contribution in [0.15, 0.2) is 57.9 Å². The van der Waals surface area contributed by atoms with Crippen LogP contribution in [-0.4, -0.2) is 18.6 Å². The van der Waals surface area contributed by atoms with E-state index in [1.54, 1.807) is 6.07 Å². The first-order valence-corrected chi connectivity index (χ1v) is 8.80. The number of nitrogens with zero attached hydrogens (tertiary/aromatic N) is 2. The van der Waals surface area contributed by atoms with Gasteiger partial charge in [-0.25, -0.2) is 13.6 Å². The van der Waals surface area contributed by atoms with Crippen LogP contribution in [0.3, 0.4) is 0 Å². The molecule has 136 valence electrons. The van der Waals surface area contributed by atoms with Gasteiger partial charge in [0.05, 0.1) is 16.9 Å². The quantitative estimate of drug-likeness (QED) is 0.747. The molecule has 1 heterocycles. The van der Waals surface area contributed by atoms with Crippen molar-refractivity contribution in [2.45, 2.75) is 17.5 Å². The fourth-order valence-corrected chi connectivity index (χ4v) is 3.06. The van der Waals surface area contributed by atoms with E-state index in [4.69, 9.17) is 9.66 Å². The lowest BCUT2D eigenvalue weighted by atomic mass is 10.1. The van der Waals surface area contributed by atoms with E-state index in [0.29, 0.717) is 5.56 Å². The molecule has 2 aromatic carbocycles. The van der Waals surface area contributed by atoms with Crippen molar-refractivity contribution in [3.05, 3.63) is 65.5 Å². The highest BCUT2D eigenvalue weighted by Crippen LogP contribution is 2.29. The van der Waals surface area contributed by atoms with Gasteiger partial charge >= 0.3 is 6.18 Å². The van der Waals surface area contributed by atoms with Crippen LogP contribution >= 0.6 is 0 Å². The Kier molecular flexibility index (Phi) is 4.55. The number of sulfonamides is 1. The zero-order valence-corrected chi connectivity index (χ0v) is 13.9. The van der Waals surface area contributed by atoms with Crippen molar-refractivity contribution in [1.82, 2.24) is 10.1 Å². The summed E-state index contributed by atoms with van der Waals surface area (Å²) in [6.07, 6.45) is -4.31. The maximum atomic E-state index is 12.6. The van der Waals surface area contributed by atoms with Gasteiger partial charge in [0, 0.05) is 5.56 Å². The second-order valence-corrected chi connectivity index (χ2v) is 6.95. The van der Waals surface area contributed by atoms with Crippen molar-refractivity contribution in [1.29, 1.82) is 0 Å². The van der Waals surface area contributed by atoms with Gasteiger partial charge in [0.2, 0.25) is 21.7 Å². The lowest BCUT2D eigenvalue weighted by Gasteiger charge is -2.06. The van der Waals surface area contributed by atoms with E-state index in [2.05, 4.69) is 10.1 Å². The number of hydrogen-bond donors (Lipinski definition) is 1. The van der Waals surface area contributed by atoms with Crippen molar-refractivity contribution >= 4 is 10.0 Å². The Labute approximate surface area is 146 Å². The number of halogens is 3. The standard InChI is InChI=1S/C16H12F3N3O3S/c17-16(18,19)11-7-5-10(6-8-11)9-14-21-15(22-25-14)12-3-1-2-4-13(12)26(20,23)24/h1-8H,9H2,(H2,20,23,24). The minimum Gasteiger partial charge on any atom is -0.339 e. The van der Waals surface area contributed by atoms with E-state index < -0.39 is 21.8 Å². The number of rotatable bonds is 4. The van der Waals surface area contributed by atoms with E-state index in [9.17, 15) is 21.6 Å². The summed E-state index contributed by atoms with van der Waals surface area (Å²) in [5.74, 6) is 0.153. The SMILES string of the molecule is NS(=O)(=O)c1ccccc1-c1noc(Cc2ccc(C(F)(F)F)cc2)n1. The number of aromatic nitrogens is 2. The molecule has 0 aliphatic rings. The van der Waals surface area contributed by atoms with Crippen LogP contribution in [0.25, 0.3) is 11.4 Å². The molecule has 0 bridgehead atoms. The minimum atomic E-state index is -4.41. The third-order valence-corrected chi connectivity index (χ3v) is 4.51. The molecule has 0 fully saturated rings. The van der Waals surface area contributed by atoms with Crippen LogP contribution in [0.2, 0.25) is 0 Å². The molecule has 3 aromatic rings. The Hall–Kier alpha value is -2.72. The van der Waals surface area contributed by atoms with E-state index >= 15 is 0 Å². The van der Waals surface area contributed by atoms with E-state index in [1.165, 1.54) is 30.3 Å². The summed E-state index contributed by atoms with van der Waals surface area (Å²) in [6.45, 7) is 0. The molecule has 0 amide bonds. The molecule has 2 N–H and O–H groups in total. The van der Waals surface area contributed by atoms with E-state index in [0.717, 1.165) is 12.1 Å². The smallest absolute Gasteiger partial charge is 0.339 e. The summed E-state index contributed by atoms with van der Waals surface area (Å²) in [6, 6.07) is 10.4. The van der Waals surface area contributed by atoms with Crippen LogP contribution in [-0.2, 0) is 22.6 Å². The van der Waals surface area contributed by atoms with Gasteiger partial charge in [0.25, 0.3) is 0 Å². The van der Waals surface area contributed by atoms with Gasteiger partial charge in [-0.05, 0) is 29.8 Å². The third-order valence-electron chi connectivity index (χ3n) is 3.54. The highest BCUT2D eigenvalue weighted by molar-refractivity contribution is 7.89. The van der Waals surface area contributed by atoms with Gasteiger partial charge < -0.3 is 4.52 Å². The van der Waals surface area contributed by atoms with Gasteiger partial charge in [0.15, 0.2) is 0 Å². The number of hydrogen-bond acceptors (Lipinski definition) is 5. The fourth-order valence-electron chi connectivity index (χ4n) is 2.32. The Morgan fingerprint density at radius 1 is 1.04 bits per heavy atom. The number of benzene rings is 2. The molecule has 0 saturated heterocycles. The van der Waals surface area contributed by atoms with Gasteiger partial charge in [-0.2, -0.15) is 18.2 Å². The monoisotopic (exact) mass is 383 g/mol. The Balaban J connectivity index is 1.86. The van der Waals surface area contributed by atoms with Crippen molar-refractivity contribution in [2.24, 2.45) is 5.14 Å². The lowest BCUT2D eigenvalue weighted by molar-refractivity contribution is -0.137. The highest BCUT2D eigenvalue weighted by atomic mass is 32.2. The first-order chi connectivity index (χ1) is 12.1. The first kappa shape index (κ1) is 18.1. The third kappa shape index (κ3) is 3.92. The molecular formula is C16H12F3N3O3S. The summed E-state index contributed by atoms with van der Waals surface area (Å²) >= 11 is 0. The molecule has 1 aromatic heterocycles. The second kappa shape index (κ2) is 6.54. The predicted molar refractivity (Wildman–Crippen MR) is 85.4 cm³/mol. The maximum Gasteiger partial charge on any atom is 0.416 e. The lowest BCUT2D eigenvalue weighted by Crippen LogP contribution is -2.13. The zero-order chi connectivity index (χ0) is 18.9. The minimum absolute atomic E-state index is 0.0246. The summed E-state index contributed by atoms with van der Waals surface area (Å²) in [4.78, 5) is 3.95. The van der Waals surface area contributed by atoms with Crippen LogP contribution in [0.1, 0.15) is 17.0 Å². The Morgan fingerprint density at radius 3 is 2.31 bits per heavy atom. The fraction of sp³-hybridized carbons (Fsp3) is 0.125. The molecule has 26 heavy (non-hydrogen) atoms. The molecule has 0 spiro atoms. The molecule has 0 atom stereocenters. The molecule has 0 radical (unpaired) electrons. The molecule has 3 rings (SSSR count). The molecule has 0 aliphatic carbocycles. The summed E-state index contributed by atoms with van der Waals surface area (Å²) in [5, 5.41) is 8.90. The second-order valence-electron chi connectivity index (χ2n) is 5.42. The largest absolute Gasteiger partial charge is 0.416 e. The number of nitrogens with two attached hydrogens (primary N) is 1. The van der Waals surface area contributed by atoms with Crippen molar-refractivity contribution in [3.8, 4) is 11.4 Å². The number of primary sulfonamides is 1. The molecular weight excluding hydrogens is 371 g/mol. The van der Waals surface area contributed by atoms with Crippen molar-refractivity contribution < 1.29 is 26.1 Å². The average Bonchev–Trinajstić information content (AvgIpc) is 3.02. The van der Waals surface area contributed by atoms with Crippen molar-refractivity contribution in [2.75, 3.05) is 0 Å². The predicted octanol–water partition coefficient (Wildman–Crippen LogP) is 2.99. The van der Waals surface area contributed by atoms with Gasteiger partial charge in [-0.3, -0.25) is 0 Å². The average molecular weight is 383 g/mol. The van der Waals surface area contributed by atoms with Gasteiger partial charge in [0.1, 0.15) is 0 Å². The topological polar surface area (TPSA) is 99.1 Å².